The van der Waals surface area contributed by atoms with Gasteiger partial charge in [-0.15, -0.1) is 0 Å². The standard InChI is InChI=1S/C15H12Cl2N4OS/c1-8-4-2-7-11(13(8)22)19-15-14(20-23-21-15)18-10-6-3-5-9(16)12(10)17/h2-7,22H,1H3,(H,18,20)(H,19,21). The van der Waals surface area contributed by atoms with Crippen molar-refractivity contribution in [3.63, 3.8) is 0 Å². The van der Waals surface area contributed by atoms with E-state index in [0.29, 0.717) is 33.1 Å². The van der Waals surface area contributed by atoms with E-state index in [2.05, 4.69) is 19.4 Å². The molecule has 0 unspecified atom stereocenters. The molecule has 0 radical (unpaired) electrons. The molecule has 2 aromatic carbocycles. The van der Waals surface area contributed by atoms with Gasteiger partial charge in [-0.2, -0.15) is 8.75 Å². The van der Waals surface area contributed by atoms with E-state index in [1.54, 1.807) is 24.3 Å². The summed E-state index contributed by atoms with van der Waals surface area (Å²) in [5.41, 5.74) is 1.95. The van der Waals surface area contributed by atoms with Gasteiger partial charge in [0, 0.05) is 0 Å². The van der Waals surface area contributed by atoms with Crippen molar-refractivity contribution in [3.05, 3.63) is 52.0 Å². The fourth-order valence-corrected chi connectivity index (χ4v) is 2.78. The van der Waals surface area contributed by atoms with Gasteiger partial charge in [-0.3, -0.25) is 0 Å². The van der Waals surface area contributed by atoms with Crippen LogP contribution in [0.5, 0.6) is 5.75 Å². The molecular formula is C15H12Cl2N4OS. The average molecular weight is 367 g/mol. The molecule has 1 aromatic heterocycles. The van der Waals surface area contributed by atoms with Crippen molar-refractivity contribution < 1.29 is 5.11 Å². The van der Waals surface area contributed by atoms with Gasteiger partial charge < -0.3 is 15.7 Å². The largest absolute Gasteiger partial charge is 0.505 e. The highest BCUT2D eigenvalue weighted by Crippen LogP contribution is 2.35. The number of aromatic hydroxyl groups is 1. The van der Waals surface area contributed by atoms with E-state index in [9.17, 15) is 5.11 Å². The summed E-state index contributed by atoms with van der Waals surface area (Å²) in [4.78, 5) is 0. The first-order valence-corrected chi connectivity index (χ1v) is 8.14. The van der Waals surface area contributed by atoms with Gasteiger partial charge in [0.15, 0.2) is 11.6 Å². The molecule has 3 rings (SSSR count). The molecule has 0 aliphatic carbocycles. The lowest BCUT2D eigenvalue weighted by molar-refractivity contribution is 0.473. The van der Waals surface area contributed by atoms with E-state index >= 15 is 0 Å². The second kappa shape index (κ2) is 6.62. The van der Waals surface area contributed by atoms with Crippen molar-refractivity contribution in [3.8, 4) is 5.75 Å². The van der Waals surface area contributed by atoms with Crippen molar-refractivity contribution in [2.24, 2.45) is 0 Å². The predicted molar refractivity (Wildman–Crippen MR) is 95.8 cm³/mol. The van der Waals surface area contributed by atoms with Crippen LogP contribution in [-0.4, -0.2) is 13.9 Å². The Bertz CT molecular complexity index is 785. The fraction of sp³-hybridized carbons (Fsp3) is 0.0667. The quantitative estimate of drug-likeness (QED) is 0.543. The number of nitrogens with zero attached hydrogens (tertiary/aromatic N) is 2. The maximum absolute atomic E-state index is 10.1. The number of hydrogen-bond acceptors (Lipinski definition) is 6. The maximum Gasteiger partial charge on any atom is 0.189 e. The summed E-state index contributed by atoms with van der Waals surface area (Å²) in [6.45, 7) is 1.82. The molecule has 118 valence electrons. The Morgan fingerprint density at radius 2 is 1.57 bits per heavy atom. The monoisotopic (exact) mass is 366 g/mol. The van der Waals surface area contributed by atoms with E-state index in [-0.39, 0.29) is 5.75 Å². The van der Waals surface area contributed by atoms with Gasteiger partial charge >= 0.3 is 0 Å². The molecule has 0 aliphatic heterocycles. The van der Waals surface area contributed by atoms with Crippen molar-refractivity contribution in [1.82, 2.24) is 8.75 Å². The van der Waals surface area contributed by atoms with E-state index in [4.69, 9.17) is 23.2 Å². The summed E-state index contributed by atoms with van der Waals surface area (Å²) in [7, 11) is 0. The zero-order chi connectivity index (χ0) is 16.4. The fourth-order valence-electron chi connectivity index (χ4n) is 1.97. The molecule has 0 aliphatic rings. The van der Waals surface area contributed by atoms with Gasteiger partial charge in [-0.25, -0.2) is 0 Å². The summed E-state index contributed by atoms with van der Waals surface area (Å²) in [5.74, 6) is 1.17. The minimum Gasteiger partial charge on any atom is -0.505 e. The second-order valence-electron chi connectivity index (χ2n) is 4.78. The van der Waals surface area contributed by atoms with E-state index in [1.807, 2.05) is 19.1 Å². The van der Waals surface area contributed by atoms with Gasteiger partial charge in [-0.05, 0) is 30.7 Å². The highest BCUT2D eigenvalue weighted by atomic mass is 35.5. The first-order valence-electron chi connectivity index (χ1n) is 6.65. The normalized spacial score (nSPS) is 10.6. The third kappa shape index (κ3) is 3.34. The maximum atomic E-state index is 10.1. The Labute approximate surface area is 147 Å². The number of benzene rings is 2. The van der Waals surface area contributed by atoms with Gasteiger partial charge in [0.1, 0.15) is 5.75 Å². The number of para-hydroxylation sites is 1. The number of anilines is 4. The number of rotatable bonds is 4. The van der Waals surface area contributed by atoms with E-state index < -0.39 is 0 Å². The summed E-state index contributed by atoms with van der Waals surface area (Å²) in [6, 6.07) is 10.7. The zero-order valence-electron chi connectivity index (χ0n) is 12.0. The summed E-state index contributed by atoms with van der Waals surface area (Å²) in [6.07, 6.45) is 0. The van der Waals surface area contributed by atoms with E-state index in [1.165, 1.54) is 0 Å². The second-order valence-corrected chi connectivity index (χ2v) is 6.10. The molecule has 0 saturated heterocycles. The number of nitrogens with one attached hydrogen (secondary N) is 2. The molecule has 3 N–H and O–H groups in total. The average Bonchev–Trinajstić information content (AvgIpc) is 2.96. The van der Waals surface area contributed by atoms with Crippen LogP contribution in [0.3, 0.4) is 0 Å². The number of phenolic OH excluding ortho intramolecular Hbond substituents is 1. The van der Waals surface area contributed by atoms with Crippen LogP contribution in [0.15, 0.2) is 36.4 Å². The molecular weight excluding hydrogens is 355 g/mol. The molecule has 0 amide bonds. The summed E-state index contributed by atoms with van der Waals surface area (Å²) in [5, 5.41) is 17.1. The Morgan fingerprint density at radius 3 is 2.30 bits per heavy atom. The highest BCUT2D eigenvalue weighted by molar-refractivity contribution is 6.99. The molecule has 0 saturated carbocycles. The lowest BCUT2D eigenvalue weighted by atomic mass is 10.2. The summed E-state index contributed by atoms with van der Waals surface area (Å²) < 4.78 is 8.40. The molecule has 1 heterocycles. The van der Waals surface area contributed by atoms with Crippen LogP contribution < -0.4 is 10.6 Å². The van der Waals surface area contributed by atoms with Crippen LogP contribution in [0, 0.1) is 6.92 Å². The first-order chi connectivity index (χ1) is 11.1. The van der Waals surface area contributed by atoms with Crippen molar-refractivity contribution in [1.29, 1.82) is 0 Å². The van der Waals surface area contributed by atoms with Crippen LogP contribution in [0.2, 0.25) is 10.0 Å². The Balaban J connectivity index is 1.88. The highest BCUT2D eigenvalue weighted by Gasteiger charge is 2.13. The number of aromatic nitrogens is 2. The molecule has 3 aromatic rings. The molecule has 0 spiro atoms. The smallest absolute Gasteiger partial charge is 0.189 e. The number of aryl methyl sites for hydroxylation is 1. The van der Waals surface area contributed by atoms with Gasteiger partial charge in [0.2, 0.25) is 0 Å². The number of halogens is 2. The SMILES string of the molecule is Cc1cccc(Nc2nsnc2Nc2cccc(Cl)c2Cl)c1O. The van der Waals surface area contributed by atoms with Crippen molar-refractivity contribution in [2.75, 3.05) is 10.6 Å². The predicted octanol–water partition coefficient (Wildman–Crippen LogP) is 5.35. The van der Waals surface area contributed by atoms with Gasteiger partial charge in [0.25, 0.3) is 0 Å². The lowest BCUT2D eigenvalue weighted by Gasteiger charge is -2.11. The Kier molecular flexibility index (Phi) is 4.56. The Hall–Kier alpha value is -2.02. The molecule has 5 nitrogen and oxygen atoms in total. The van der Waals surface area contributed by atoms with Crippen LogP contribution in [-0.2, 0) is 0 Å². The molecule has 23 heavy (non-hydrogen) atoms. The zero-order valence-corrected chi connectivity index (χ0v) is 14.3. The van der Waals surface area contributed by atoms with Gasteiger partial charge in [-0.1, -0.05) is 41.4 Å². The third-order valence-electron chi connectivity index (χ3n) is 3.18. The molecule has 0 fully saturated rings. The van der Waals surface area contributed by atoms with Crippen LogP contribution >= 0.6 is 34.9 Å². The first kappa shape index (κ1) is 15.9. The van der Waals surface area contributed by atoms with Gasteiger partial charge in [0.05, 0.1) is 33.1 Å². The summed E-state index contributed by atoms with van der Waals surface area (Å²) >= 11 is 13.2. The van der Waals surface area contributed by atoms with Crippen molar-refractivity contribution in [2.45, 2.75) is 6.92 Å². The number of phenols is 1. The van der Waals surface area contributed by atoms with E-state index in [0.717, 1.165) is 17.3 Å². The third-order valence-corrected chi connectivity index (χ3v) is 4.53. The molecule has 8 heteroatoms. The van der Waals surface area contributed by atoms with Crippen LogP contribution in [0.1, 0.15) is 5.56 Å². The lowest BCUT2D eigenvalue weighted by Crippen LogP contribution is -1.98. The number of hydrogen-bond donors (Lipinski definition) is 3. The minimum atomic E-state index is 0.173. The topological polar surface area (TPSA) is 70.1 Å². The Morgan fingerprint density at radius 1 is 0.957 bits per heavy atom. The van der Waals surface area contributed by atoms with Crippen molar-refractivity contribution >= 4 is 57.9 Å². The molecule has 0 atom stereocenters. The van der Waals surface area contributed by atoms with Crippen LogP contribution in [0.4, 0.5) is 23.0 Å². The molecule has 0 bridgehead atoms. The van der Waals surface area contributed by atoms with Crippen LogP contribution in [0.25, 0.3) is 0 Å². The minimum absolute atomic E-state index is 0.173.